The zero-order valence-corrected chi connectivity index (χ0v) is 15.5. The predicted octanol–water partition coefficient (Wildman–Crippen LogP) is 3.78. The molecule has 0 saturated carbocycles. The van der Waals surface area contributed by atoms with Crippen LogP contribution < -0.4 is 0 Å². The van der Waals surface area contributed by atoms with E-state index in [1.54, 1.807) is 19.9 Å². The third-order valence-corrected chi connectivity index (χ3v) is 6.30. The first-order valence-electron chi connectivity index (χ1n) is 7.87. The second-order valence-corrected chi connectivity index (χ2v) is 9.57. The standard InChI is InChI=1S/C17H26F3NO2S/c1-16(2,24(4,22)23)13-21(3)11-6-5-8-14-9-7-10-15(12-14)17(18,19)20/h7,9-10,12H,5-6,8,11,13H2,1-4H3. The van der Waals surface area contributed by atoms with Crippen LogP contribution >= 0.6 is 0 Å². The second kappa shape index (κ2) is 7.87. The zero-order valence-electron chi connectivity index (χ0n) is 14.7. The molecule has 7 heteroatoms. The molecule has 24 heavy (non-hydrogen) atoms. The summed E-state index contributed by atoms with van der Waals surface area (Å²) >= 11 is 0. The van der Waals surface area contributed by atoms with Crippen molar-refractivity contribution in [2.45, 2.75) is 44.0 Å². The number of sulfone groups is 1. The van der Waals surface area contributed by atoms with Gasteiger partial charge in [0.2, 0.25) is 0 Å². The summed E-state index contributed by atoms with van der Waals surface area (Å²) in [5.74, 6) is 0. The molecular formula is C17H26F3NO2S. The Morgan fingerprint density at radius 1 is 1.12 bits per heavy atom. The van der Waals surface area contributed by atoms with E-state index in [2.05, 4.69) is 0 Å². The van der Waals surface area contributed by atoms with Crippen LogP contribution in [0.25, 0.3) is 0 Å². The van der Waals surface area contributed by atoms with Gasteiger partial charge in [0.15, 0.2) is 9.84 Å². The monoisotopic (exact) mass is 365 g/mol. The molecule has 0 spiro atoms. The van der Waals surface area contributed by atoms with Crippen molar-refractivity contribution in [3.8, 4) is 0 Å². The highest BCUT2D eigenvalue weighted by Gasteiger charge is 2.31. The molecule has 0 atom stereocenters. The molecule has 138 valence electrons. The van der Waals surface area contributed by atoms with E-state index in [9.17, 15) is 21.6 Å². The van der Waals surface area contributed by atoms with Crippen LogP contribution in [0.1, 0.15) is 37.8 Å². The summed E-state index contributed by atoms with van der Waals surface area (Å²) in [7, 11) is -1.28. The summed E-state index contributed by atoms with van der Waals surface area (Å²) in [6.45, 7) is 4.52. The molecule has 1 aromatic carbocycles. The van der Waals surface area contributed by atoms with Crippen molar-refractivity contribution in [3.63, 3.8) is 0 Å². The highest BCUT2D eigenvalue weighted by molar-refractivity contribution is 7.92. The van der Waals surface area contributed by atoms with Gasteiger partial charge in [-0.2, -0.15) is 13.2 Å². The fourth-order valence-electron chi connectivity index (χ4n) is 2.46. The van der Waals surface area contributed by atoms with Crippen molar-refractivity contribution >= 4 is 9.84 Å². The maximum Gasteiger partial charge on any atom is 0.416 e. The molecule has 3 nitrogen and oxygen atoms in total. The van der Waals surface area contributed by atoms with E-state index in [0.717, 1.165) is 18.9 Å². The number of alkyl halides is 3. The Balaban J connectivity index is 2.44. The third-order valence-electron chi connectivity index (χ3n) is 4.16. The van der Waals surface area contributed by atoms with E-state index in [1.807, 2.05) is 11.9 Å². The van der Waals surface area contributed by atoms with Crippen molar-refractivity contribution < 1.29 is 21.6 Å². The molecule has 0 amide bonds. The molecule has 0 bridgehead atoms. The zero-order chi connectivity index (χ0) is 18.6. The van der Waals surface area contributed by atoms with E-state index < -0.39 is 26.3 Å². The van der Waals surface area contributed by atoms with Crippen LogP contribution in [-0.4, -0.2) is 44.5 Å². The first-order valence-corrected chi connectivity index (χ1v) is 9.76. The van der Waals surface area contributed by atoms with Crippen molar-refractivity contribution in [1.82, 2.24) is 4.90 Å². The van der Waals surface area contributed by atoms with Gasteiger partial charge in [0, 0.05) is 12.8 Å². The quantitative estimate of drug-likeness (QED) is 0.658. The average molecular weight is 365 g/mol. The molecule has 0 aliphatic rings. The highest BCUT2D eigenvalue weighted by Crippen LogP contribution is 2.29. The number of halogens is 3. The normalized spacial score (nSPS) is 13.5. The molecule has 1 aromatic rings. The van der Waals surface area contributed by atoms with Gasteiger partial charge in [0.25, 0.3) is 0 Å². The third kappa shape index (κ3) is 6.43. The Hall–Kier alpha value is -1.08. The van der Waals surface area contributed by atoms with E-state index in [1.165, 1.54) is 18.4 Å². The summed E-state index contributed by atoms with van der Waals surface area (Å²) in [5, 5.41) is 0. The molecule has 0 heterocycles. The van der Waals surface area contributed by atoms with Crippen LogP contribution in [0.5, 0.6) is 0 Å². The Morgan fingerprint density at radius 3 is 2.29 bits per heavy atom. The van der Waals surface area contributed by atoms with Gasteiger partial charge in [-0.3, -0.25) is 0 Å². The molecule has 0 radical (unpaired) electrons. The van der Waals surface area contributed by atoms with Crippen molar-refractivity contribution in [2.24, 2.45) is 0 Å². The lowest BCUT2D eigenvalue weighted by atomic mass is 10.0. The lowest BCUT2D eigenvalue weighted by Crippen LogP contribution is -2.42. The maximum absolute atomic E-state index is 12.7. The SMILES string of the molecule is CN(CCCCc1cccc(C(F)(F)F)c1)CC(C)(C)S(C)(=O)=O. The van der Waals surface area contributed by atoms with E-state index in [0.29, 0.717) is 25.1 Å². The molecule has 1 rings (SSSR count). The minimum Gasteiger partial charge on any atom is -0.305 e. The topological polar surface area (TPSA) is 37.4 Å². The van der Waals surface area contributed by atoms with E-state index in [-0.39, 0.29) is 0 Å². The number of nitrogens with zero attached hydrogens (tertiary/aromatic N) is 1. The number of benzene rings is 1. The molecule has 0 aliphatic carbocycles. The van der Waals surface area contributed by atoms with Crippen molar-refractivity contribution in [3.05, 3.63) is 35.4 Å². The van der Waals surface area contributed by atoms with Gasteiger partial charge in [0.1, 0.15) is 0 Å². The van der Waals surface area contributed by atoms with Gasteiger partial charge >= 0.3 is 6.18 Å². The Labute approximate surface area is 142 Å². The van der Waals surface area contributed by atoms with Crippen molar-refractivity contribution in [1.29, 1.82) is 0 Å². The highest BCUT2D eigenvalue weighted by atomic mass is 32.2. The molecule has 0 unspecified atom stereocenters. The summed E-state index contributed by atoms with van der Waals surface area (Å²) in [5.41, 5.74) is 0.0518. The minimum absolute atomic E-state index is 0.426. The maximum atomic E-state index is 12.7. The van der Waals surface area contributed by atoms with Crippen LogP contribution in [0.4, 0.5) is 13.2 Å². The summed E-state index contributed by atoms with van der Waals surface area (Å²) in [6.07, 6.45) is -0.952. The molecule has 0 aromatic heterocycles. The Kier molecular flexibility index (Phi) is 6.87. The van der Waals surface area contributed by atoms with Crippen LogP contribution in [0.2, 0.25) is 0 Å². The van der Waals surface area contributed by atoms with Gasteiger partial charge in [-0.05, 0) is 58.3 Å². The predicted molar refractivity (Wildman–Crippen MR) is 90.8 cm³/mol. The molecule has 0 saturated heterocycles. The lowest BCUT2D eigenvalue weighted by Gasteiger charge is -2.28. The smallest absolute Gasteiger partial charge is 0.305 e. The Bertz CT molecular complexity index is 639. The number of hydrogen-bond donors (Lipinski definition) is 0. The van der Waals surface area contributed by atoms with Crippen molar-refractivity contribution in [2.75, 3.05) is 26.4 Å². The van der Waals surface area contributed by atoms with Gasteiger partial charge in [-0.1, -0.05) is 18.2 Å². The van der Waals surface area contributed by atoms with Crippen LogP contribution in [0.3, 0.4) is 0 Å². The van der Waals surface area contributed by atoms with E-state index >= 15 is 0 Å². The molecule has 0 aliphatic heterocycles. The van der Waals surface area contributed by atoms with Gasteiger partial charge in [0.05, 0.1) is 10.3 Å². The summed E-state index contributed by atoms with van der Waals surface area (Å²) < 4.78 is 60.6. The Morgan fingerprint density at radius 2 is 1.75 bits per heavy atom. The fourth-order valence-corrected chi connectivity index (χ4v) is 2.92. The van der Waals surface area contributed by atoms with Crippen LogP contribution in [0, 0.1) is 0 Å². The fraction of sp³-hybridized carbons (Fsp3) is 0.647. The molecule has 0 N–H and O–H groups in total. The second-order valence-electron chi connectivity index (χ2n) is 6.92. The molecule has 0 fully saturated rings. The number of rotatable bonds is 8. The number of aryl methyl sites for hydroxylation is 1. The minimum atomic E-state index is -4.31. The van der Waals surface area contributed by atoms with Crippen LogP contribution in [-0.2, 0) is 22.4 Å². The average Bonchev–Trinajstić information content (AvgIpc) is 2.41. The largest absolute Gasteiger partial charge is 0.416 e. The first kappa shape index (κ1) is 21.0. The van der Waals surface area contributed by atoms with E-state index in [4.69, 9.17) is 0 Å². The molecular weight excluding hydrogens is 339 g/mol. The number of unbranched alkanes of at least 4 members (excludes halogenated alkanes) is 1. The first-order chi connectivity index (χ1) is 10.8. The summed E-state index contributed by atoms with van der Waals surface area (Å²) in [6, 6.07) is 5.39. The number of hydrogen-bond acceptors (Lipinski definition) is 3. The lowest BCUT2D eigenvalue weighted by molar-refractivity contribution is -0.137. The van der Waals surface area contributed by atoms with Gasteiger partial charge in [-0.25, -0.2) is 8.42 Å². The van der Waals surface area contributed by atoms with Crippen LogP contribution in [0.15, 0.2) is 24.3 Å². The summed E-state index contributed by atoms with van der Waals surface area (Å²) in [4.78, 5) is 1.95. The van der Waals surface area contributed by atoms with Gasteiger partial charge in [-0.15, -0.1) is 0 Å². The van der Waals surface area contributed by atoms with Gasteiger partial charge < -0.3 is 4.90 Å².